The van der Waals surface area contributed by atoms with Crippen molar-refractivity contribution >= 4 is 21.6 Å². The number of amides is 1. The van der Waals surface area contributed by atoms with Gasteiger partial charge in [-0.25, -0.2) is 8.42 Å². The van der Waals surface area contributed by atoms with E-state index in [1.165, 1.54) is 11.4 Å². The Kier molecular flexibility index (Phi) is 6.49. The minimum Gasteiger partial charge on any atom is -0.481 e. The van der Waals surface area contributed by atoms with Gasteiger partial charge in [-0.15, -0.1) is 0 Å². The number of anilines is 1. The lowest BCUT2D eigenvalue weighted by Gasteiger charge is -2.21. The number of sulfonamides is 1. The van der Waals surface area contributed by atoms with Gasteiger partial charge in [0, 0.05) is 7.05 Å². The highest BCUT2D eigenvalue weighted by atomic mass is 32.2. The van der Waals surface area contributed by atoms with E-state index >= 15 is 0 Å². The SMILES string of the molecule is Cc1ccccc1[C@H](C)NC(=O)[C@H](C)Oc1ccc(N(C)S(C)(=O)=O)cc1. The van der Waals surface area contributed by atoms with Crippen molar-refractivity contribution in [1.82, 2.24) is 5.32 Å². The Morgan fingerprint density at radius 3 is 2.22 bits per heavy atom. The fraction of sp³-hybridized carbons (Fsp3) is 0.350. The fourth-order valence-corrected chi connectivity index (χ4v) is 3.17. The van der Waals surface area contributed by atoms with E-state index in [0.717, 1.165) is 17.4 Å². The van der Waals surface area contributed by atoms with Crippen molar-refractivity contribution in [2.45, 2.75) is 32.9 Å². The molecule has 0 saturated carbocycles. The number of aryl methyl sites for hydroxylation is 1. The van der Waals surface area contributed by atoms with Gasteiger partial charge in [0.15, 0.2) is 6.10 Å². The Hall–Kier alpha value is -2.54. The van der Waals surface area contributed by atoms with Crippen LogP contribution in [0.25, 0.3) is 0 Å². The molecule has 0 aliphatic heterocycles. The molecule has 0 heterocycles. The van der Waals surface area contributed by atoms with Gasteiger partial charge < -0.3 is 10.1 Å². The molecule has 2 rings (SSSR count). The summed E-state index contributed by atoms with van der Waals surface area (Å²) < 4.78 is 30.0. The Morgan fingerprint density at radius 1 is 1.07 bits per heavy atom. The number of ether oxygens (including phenoxy) is 1. The lowest BCUT2D eigenvalue weighted by atomic mass is 10.0. The van der Waals surface area contributed by atoms with Gasteiger partial charge in [0.05, 0.1) is 18.0 Å². The standard InChI is InChI=1S/C20H26N2O4S/c1-14-8-6-7-9-19(14)15(2)21-20(23)16(3)26-18-12-10-17(11-13-18)22(4)27(5,24)25/h6-13,15-16H,1-5H3,(H,21,23)/t15-,16-/m0/s1. The predicted molar refractivity (Wildman–Crippen MR) is 108 cm³/mol. The second-order valence-corrected chi connectivity index (χ2v) is 8.59. The molecule has 0 unspecified atom stereocenters. The zero-order chi connectivity index (χ0) is 20.2. The molecule has 0 spiro atoms. The van der Waals surface area contributed by atoms with Crippen LogP contribution in [0.4, 0.5) is 5.69 Å². The van der Waals surface area contributed by atoms with Crippen molar-refractivity contribution in [3.8, 4) is 5.75 Å². The van der Waals surface area contributed by atoms with Crippen LogP contribution in [0.15, 0.2) is 48.5 Å². The molecule has 0 fully saturated rings. The first kappa shape index (κ1) is 20.8. The van der Waals surface area contributed by atoms with Crippen LogP contribution in [0, 0.1) is 6.92 Å². The maximum Gasteiger partial charge on any atom is 0.261 e. The molecule has 6 nitrogen and oxygen atoms in total. The number of benzene rings is 2. The molecule has 27 heavy (non-hydrogen) atoms. The van der Waals surface area contributed by atoms with E-state index < -0.39 is 16.1 Å². The number of rotatable bonds is 7. The summed E-state index contributed by atoms with van der Waals surface area (Å²) >= 11 is 0. The van der Waals surface area contributed by atoms with Crippen LogP contribution in [0.3, 0.4) is 0 Å². The molecule has 2 aromatic carbocycles. The van der Waals surface area contributed by atoms with Gasteiger partial charge in [0.25, 0.3) is 5.91 Å². The first-order valence-corrected chi connectivity index (χ1v) is 10.5. The molecule has 0 saturated heterocycles. The fourth-order valence-electron chi connectivity index (χ4n) is 2.66. The predicted octanol–water partition coefficient (Wildman–Crippen LogP) is 3.04. The first-order chi connectivity index (χ1) is 12.6. The highest BCUT2D eigenvalue weighted by molar-refractivity contribution is 7.92. The Labute approximate surface area is 161 Å². The van der Waals surface area contributed by atoms with Gasteiger partial charge in [-0.1, -0.05) is 24.3 Å². The highest BCUT2D eigenvalue weighted by Gasteiger charge is 2.19. The summed E-state index contributed by atoms with van der Waals surface area (Å²) in [6, 6.07) is 14.3. The van der Waals surface area contributed by atoms with Crippen molar-refractivity contribution in [2.24, 2.45) is 0 Å². The Morgan fingerprint density at radius 2 is 1.67 bits per heavy atom. The second-order valence-electron chi connectivity index (χ2n) is 6.57. The molecule has 1 N–H and O–H groups in total. The average molecular weight is 391 g/mol. The van der Waals surface area contributed by atoms with Crippen molar-refractivity contribution < 1.29 is 17.9 Å². The zero-order valence-corrected chi connectivity index (χ0v) is 17.1. The largest absolute Gasteiger partial charge is 0.481 e. The number of nitrogens with one attached hydrogen (secondary N) is 1. The van der Waals surface area contributed by atoms with Crippen molar-refractivity contribution in [2.75, 3.05) is 17.6 Å². The molecule has 2 aromatic rings. The number of carbonyl (C=O) groups is 1. The molecular weight excluding hydrogens is 364 g/mol. The summed E-state index contributed by atoms with van der Waals surface area (Å²) in [5.41, 5.74) is 2.70. The third-order valence-electron chi connectivity index (χ3n) is 4.39. The van der Waals surface area contributed by atoms with Gasteiger partial charge in [-0.2, -0.15) is 0 Å². The normalized spacial score (nSPS) is 13.5. The Balaban J connectivity index is 1.99. The van der Waals surface area contributed by atoms with Crippen molar-refractivity contribution in [3.63, 3.8) is 0 Å². The number of nitrogens with zero attached hydrogens (tertiary/aromatic N) is 1. The molecule has 1 amide bonds. The van der Waals surface area contributed by atoms with E-state index in [9.17, 15) is 13.2 Å². The van der Waals surface area contributed by atoms with Gasteiger partial charge in [0.2, 0.25) is 10.0 Å². The lowest BCUT2D eigenvalue weighted by Crippen LogP contribution is -2.38. The summed E-state index contributed by atoms with van der Waals surface area (Å²) in [6.45, 7) is 5.62. The molecule has 0 aliphatic carbocycles. The van der Waals surface area contributed by atoms with E-state index in [1.54, 1.807) is 31.2 Å². The molecule has 7 heteroatoms. The van der Waals surface area contributed by atoms with Gasteiger partial charge >= 0.3 is 0 Å². The molecule has 2 atom stereocenters. The van der Waals surface area contributed by atoms with E-state index in [4.69, 9.17) is 4.74 Å². The van der Waals surface area contributed by atoms with Crippen LogP contribution >= 0.6 is 0 Å². The minimum absolute atomic E-state index is 0.129. The average Bonchev–Trinajstić information content (AvgIpc) is 2.61. The highest BCUT2D eigenvalue weighted by Crippen LogP contribution is 2.21. The zero-order valence-electron chi connectivity index (χ0n) is 16.3. The summed E-state index contributed by atoms with van der Waals surface area (Å²) in [5, 5.41) is 2.96. The molecule has 0 bridgehead atoms. The van der Waals surface area contributed by atoms with Crippen LogP contribution in [-0.2, 0) is 14.8 Å². The third kappa shape index (κ3) is 5.47. The third-order valence-corrected chi connectivity index (χ3v) is 5.60. The van der Waals surface area contributed by atoms with Gasteiger partial charge in [-0.05, 0) is 56.2 Å². The van der Waals surface area contributed by atoms with Gasteiger partial charge in [0.1, 0.15) is 5.75 Å². The van der Waals surface area contributed by atoms with E-state index in [1.807, 2.05) is 38.1 Å². The molecule has 0 aliphatic rings. The van der Waals surface area contributed by atoms with E-state index in [-0.39, 0.29) is 11.9 Å². The van der Waals surface area contributed by atoms with Crippen molar-refractivity contribution in [3.05, 3.63) is 59.7 Å². The lowest BCUT2D eigenvalue weighted by molar-refractivity contribution is -0.127. The first-order valence-electron chi connectivity index (χ1n) is 8.66. The van der Waals surface area contributed by atoms with Crippen LogP contribution in [0.1, 0.15) is 31.0 Å². The quantitative estimate of drug-likeness (QED) is 0.788. The van der Waals surface area contributed by atoms with Crippen LogP contribution in [-0.4, -0.2) is 33.7 Å². The van der Waals surface area contributed by atoms with Crippen LogP contribution < -0.4 is 14.4 Å². The smallest absolute Gasteiger partial charge is 0.261 e. The van der Waals surface area contributed by atoms with E-state index in [2.05, 4.69) is 5.32 Å². The van der Waals surface area contributed by atoms with Crippen LogP contribution in [0.5, 0.6) is 5.75 Å². The summed E-state index contributed by atoms with van der Waals surface area (Å²) in [6.07, 6.45) is 0.453. The topological polar surface area (TPSA) is 75.7 Å². The monoisotopic (exact) mass is 390 g/mol. The maximum atomic E-state index is 12.4. The minimum atomic E-state index is -3.32. The second kappa shape index (κ2) is 8.43. The summed E-state index contributed by atoms with van der Waals surface area (Å²) in [5.74, 6) is 0.273. The maximum absolute atomic E-state index is 12.4. The summed E-state index contributed by atoms with van der Waals surface area (Å²) in [7, 11) is -1.84. The number of carbonyl (C=O) groups excluding carboxylic acids is 1. The number of hydrogen-bond donors (Lipinski definition) is 1. The van der Waals surface area contributed by atoms with Gasteiger partial charge in [-0.3, -0.25) is 9.10 Å². The van der Waals surface area contributed by atoms with Crippen molar-refractivity contribution in [1.29, 1.82) is 0 Å². The molecule has 0 aromatic heterocycles. The molecule has 0 radical (unpaired) electrons. The molecule has 146 valence electrons. The van der Waals surface area contributed by atoms with E-state index in [0.29, 0.717) is 11.4 Å². The number of hydrogen-bond acceptors (Lipinski definition) is 4. The summed E-state index contributed by atoms with van der Waals surface area (Å²) in [4.78, 5) is 12.4. The Bertz CT molecular complexity index is 894. The van der Waals surface area contributed by atoms with Crippen LogP contribution in [0.2, 0.25) is 0 Å². The molecular formula is C20H26N2O4S.